The quantitative estimate of drug-likeness (QED) is 0.890. The van der Waals surface area contributed by atoms with Crippen LogP contribution in [0.1, 0.15) is 41.6 Å². The van der Waals surface area contributed by atoms with Crippen molar-refractivity contribution in [3.05, 3.63) is 70.8 Å². The molecular formula is C19H23N. The van der Waals surface area contributed by atoms with Gasteiger partial charge in [0, 0.05) is 6.04 Å². The SMILES string of the molecule is CCc1ccc(C(N)C2CCc3ccccc3C2)cc1. The molecular weight excluding hydrogens is 242 g/mol. The van der Waals surface area contributed by atoms with Crippen molar-refractivity contribution in [2.75, 3.05) is 0 Å². The van der Waals surface area contributed by atoms with Crippen LogP contribution < -0.4 is 5.73 Å². The van der Waals surface area contributed by atoms with Gasteiger partial charge in [-0.1, -0.05) is 55.5 Å². The van der Waals surface area contributed by atoms with Gasteiger partial charge in [-0.2, -0.15) is 0 Å². The Hall–Kier alpha value is -1.60. The molecule has 0 bridgehead atoms. The Balaban J connectivity index is 1.76. The van der Waals surface area contributed by atoms with Crippen LogP contribution in [0.25, 0.3) is 0 Å². The number of hydrogen-bond acceptors (Lipinski definition) is 1. The summed E-state index contributed by atoms with van der Waals surface area (Å²) in [5.41, 5.74) is 12.2. The molecule has 20 heavy (non-hydrogen) atoms. The van der Waals surface area contributed by atoms with Crippen LogP contribution in [0.15, 0.2) is 48.5 Å². The lowest BCUT2D eigenvalue weighted by Crippen LogP contribution is -2.27. The number of rotatable bonds is 3. The summed E-state index contributed by atoms with van der Waals surface area (Å²) in [7, 11) is 0. The summed E-state index contributed by atoms with van der Waals surface area (Å²) in [4.78, 5) is 0. The van der Waals surface area contributed by atoms with Gasteiger partial charge in [-0.15, -0.1) is 0 Å². The molecule has 2 unspecified atom stereocenters. The van der Waals surface area contributed by atoms with E-state index in [1.807, 2.05) is 0 Å². The van der Waals surface area contributed by atoms with Crippen LogP contribution >= 0.6 is 0 Å². The van der Waals surface area contributed by atoms with Gasteiger partial charge in [-0.05, 0) is 53.9 Å². The van der Waals surface area contributed by atoms with Crippen molar-refractivity contribution in [2.45, 2.75) is 38.6 Å². The van der Waals surface area contributed by atoms with E-state index in [-0.39, 0.29) is 6.04 Å². The summed E-state index contributed by atoms with van der Waals surface area (Å²) in [6.45, 7) is 2.19. The lowest BCUT2D eigenvalue weighted by atomic mass is 9.78. The number of aryl methyl sites for hydroxylation is 2. The highest BCUT2D eigenvalue weighted by molar-refractivity contribution is 5.31. The molecule has 0 aliphatic heterocycles. The van der Waals surface area contributed by atoms with E-state index in [4.69, 9.17) is 5.73 Å². The number of nitrogens with two attached hydrogens (primary N) is 1. The Bertz CT molecular complexity index is 571. The highest BCUT2D eigenvalue weighted by Gasteiger charge is 2.24. The van der Waals surface area contributed by atoms with Crippen molar-refractivity contribution in [1.82, 2.24) is 0 Å². The fraction of sp³-hybridized carbons (Fsp3) is 0.368. The fourth-order valence-corrected chi connectivity index (χ4v) is 3.28. The molecule has 2 atom stereocenters. The van der Waals surface area contributed by atoms with Gasteiger partial charge in [0.2, 0.25) is 0 Å². The number of benzene rings is 2. The van der Waals surface area contributed by atoms with Gasteiger partial charge in [0.1, 0.15) is 0 Å². The van der Waals surface area contributed by atoms with Crippen LogP contribution in [0.5, 0.6) is 0 Å². The van der Waals surface area contributed by atoms with E-state index in [9.17, 15) is 0 Å². The molecule has 0 fully saturated rings. The smallest absolute Gasteiger partial charge is 0.0326 e. The van der Waals surface area contributed by atoms with Crippen molar-refractivity contribution in [2.24, 2.45) is 11.7 Å². The zero-order chi connectivity index (χ0) is 13.9. The van der Waals surface area contributed by atoms with Crippen molar-refractivity contribution >= 4 is 0 Å². The average molecular weight is 265 g/mol. The Morgan fingerprint density at radius 1 is 1.05 bits per heavy atom. The lowest BCUT2D eigenvalue weighted by Gasteiger charge is -2.29. The topological polar surface area (TPSA) is 26.0 Å². The molecule has 0 heterocycles. The van der Waals surface area contributed by atoms with Gasteiger partial charge in [-0.3, -0.25) is 0 Å². The molecule has 1 heteroatoms. The maximum absolute atomic E-state index is 6.52. The molecule has 1 aliphatic carbocycles. The van der Waals surface area contributed by atoms with Crippen molar-refractivity contribution in [3.63, 3.8) is 0 Å². The molecule has 0 amide bonds. The molecule has 1 nitrogen and oxygen atoms in total. The van der Waals surface area contributed by atoms with E-state index in [0.717, 1.165) is 12.8 Å². The van der Waals surface area contributed by atoms with Crippen LogP contribution in [0.3, 0.4) is 0 Å². The van der Waals surface area contributed by atoms with Gasteiger partial charge in [-0.25, -0.2) is 0 Å². The first kappa shape index (κ1) is 13.4. The zero-order valence-corrected chi connectivity index (χ0v) is 12.2. The molecule has 0 aromatic heterocycles. The normalized spacial score (nSPS) is 19.4. The third kappa shape index (κ3) is 2.64. The molecule has 2 N–H and O–H groups in total. The second-order valence-corrected chi connectivity index (χ2v) is 5.89. The zero-order valence-electron chi connectivity index (χ0n) is 12.2. The molecule has 0 saturated heterocycles. The summed E-state index contributed by atoms with van der Waals surface area (Å²) in [6.07, 6.45) is 4.58. The highest BCUT2D eigenvalue weighted by Crippen LogP contribution is 2.32. The van der Waals surface area contributed by atoms with E-state index in [1.54, 1.807) is 0 Å². The summed E-state index contributed by atoms with van der Waals surface area (Å²) in [5, 5.41) is 0. The first-order valence-electron chi connectivity index (χ1n) is 7.69. The molecule has 1 aliphatic rings. The Labute approximate surface area is 121 Å². The molecule has 2 aromatic rings. The van der Waals surface area contributed by atoms with Crippen LogP contribution in [0.2, 0.25) is 0 Å². The first-order chi connectivity index (χ1) is 9.78. The minimum Gasteiger partial charge on any atom is -0.324 e. The standard InChI is InChI=1S/C19H23N/c1-2-14-7-9-16(10-8-14)19(20)18-12-11-15-5-3-4-6-17(15)13-18/h3-10,18-19H,2,11-13,20H2,1H3. The molecule has 0 radical (unpaired) electrons. The molecule has 0 saturated carbocycles. The molecule has 2 aromatic carbocycles. The molecule has 0 spiro atoms. The van der Waals surface area contributed by atoms with Gasteiger partial charge in [0.25, 0.3) is 0 Å². The predicted octanol–water partition coefficient (Wildman–Crippen LogP) is 4.05. The maximum atomic E-state index is 6.52. The Kier molecular flexibility index (Phi) is 3.88. The van der Waals surface area contributed by atoms with E-state index >= 15 is 0 Å². The van der Waals surface area contributed by atoms with E-state index in [2.05, 4.69) is 55.5 Å². The second-order valence-electron chi connectivity index (χ2n) is 5.89. The van der Waals surface area contributed by atoms with E-state index in [0.29, 0.717) is 5.92 Å². The number of fused-ring (bicyclic) bond motifs is 1. The third-order valence-corrected chi connectivity index (χ3v) is 4.67. The highest BCUT2D eigenvalue weighted by atomic mass is 14.7. The van der Waals surface area contributed by atoms with Crippen molar-refractivity contribution in [3.8, 4) is 0 Å². The first-order valence-corrected chi connectivity index (χ1v) is 7.69. The molecule has 3 rings (SSSR count). The minimum atomic E-state index is 0.161. The molecule has 104 valence electrons. The summed E-state index contributed by atoms with van der Waals surface area (Å²) < 4.78 is 0. The largest absolute Gasteiger partial charge is 0.324 e. The summed E-state index contributed by atoms with van der Waals surface area (Å²) >= 11 is 0. The van der Waals surface area contributed by atoms with Gasteiger partial charge >= 0.3 is 0 Å². The van der Waals surface area contributed by atoms with Crippen LogP contribution in [0, 0.1) is 5.92 Å². The van der Waals surface area contributed by atoms with Crippen LogP contribution in [-0.2, 0) is 19.3 Å². The lowest BCUT2D eigenvalue weighted by molar-refractivity contribution is 0.382. The van der Waals surface area contributed by atoms with E-state index < -0.39 is 0 Å². The number of hydrogen-bond donors (Lipinski definition) is 1. The van der Waals surface area contributed by atoms with E-state index in [1.165, 1.54) is 35.1 Å². The minimum absolute atomic E-state index is 0.161. The van der Waals surface area contributed by atoms with Crippen LogP contribution in [-0.4, -0.2) is 0 Å². The second kappa shape index (κ2) is 5.80. The van der Waals surface area contributed by atoms with Gasteiger partial charge in [0.05, 0.1) is 0 Å². The predicted molar refractivity (Wildman–Crippen MR) is 84.7 cm³/mol. The van der Waals surface area contributed by atoms with Crippen LogP contribution in [0.4, 0.5) is 0 Å². The van der Waals surface area contributed by atoms with Crippen molar-refractivity contribution in [1.29, 1.82) is 0 Å². The summed E-state index contributed by atoms with van der Waals surface area (Å²) in [5.74, 6) is 0.567. The van der Waals surface area contributed by atoms with Gasteiger partial charge in [0.15, 0.2) is 0 Å². The monoisotopic (exact) mass is 265 g/mol. The Morgan fingerprint density at radius 3 is 2.45 bits per heavy atom. The fourth-order valence-electron chi connectivity index (χ4n) is 3.28. The van der Waals surface area contributed by atoms with Crippen molar-refractivity contribution < 1.29 is 0 Å². The average Bonchev–Trinajstić information content (AvgIpc) is 2.54. The third-order valence-electron chi connectivity index (χ3n) is 4.67. The Morgan fingerprint density at radius 2 is 1.75 bits per heavy atom. The van der Waals surface area contributed by atoms with Gasteiger partial charge < -0.3 is 5.73 Å². The summed E-state index contributed by atoms with van der Waals surface area (Å²) in [6, 6.07) is 17.8. The maximum Gasteiger partial charge on any atom is 0.0326 e.